The summed E-state index contributed by atoms with van der Waals surface area (Å²) in [5.74, 6) is -0.114. The van der Waals surface area contributed by atoms with Crippen LogP contribution in [0.1, 0.15) is 49.3 Å². The van der Waals surface area contributed by atoms with Crippen LogP contribution < -0.4 is 10.1 Å². The van der Waals surface area contributed by atoms with Gasteiger partial charge in [0.2, 0.25) is 5.95 Å². The van der Waals surface area contributed by atoms with E-state index in [2.05, 4.69) is 17.2 Å². The zero-order valence-corrected chi connectivity index (χ0v) is 13.9. The van der Waals surface area contributed by atoms with Gasteiger partial charge in [0.1, 0.15) is 0 Å². The Morgan fingerprint density at radius 1 is 1.21 bits per heavy atom. The summed E-state index contributed by atoms with van der Waals surface area (Å²) in [7, 11) is 1.47. The normalized spacial score (nSPS) is 21.7. The molecule has 1 aromatic carbocycles. The molecule has 1 aliphatic carbocycles. The molecule has 0 radical (unpaired) electrons. The van der Waals surface area contributed by atoms with Gasteiger partial charge in [-0.15, -0.1) is 0 Å². The number of methoxy groups -OCH3 is 1. The molecule has 3 nitrogen and oxygen atoms in total. The number of hydrogen-bond acceptors (Lipinski definition) is 3. The molecule has 0 amide bonds. The SMILES string of the molecule is COc1cc([C@@H](C)NC2CCC(c3ccc(F)nc3)C2)ccc1F. The van der Waals surface area contributed by atoms with Crippen LogP contribution in [0.4, 0.5) is 8.78 Å². The van der Waals surface area contributed by atoms with Crippen LogP contribution in [0, 0.1) is 11.8 Å². The topological polar surface area (TPSA) is 34.1 Å². The second-order valence-electron chi connectivity index (χ2n) is 6.40. The summed E-state index contributed by atoms with van der Waals surface area (Å²) in [6.45, 7) is 2.07. The molecule has 1 fully saturated rings. The second kappa shape index (κ2) is 7.26. The fourth-order valence-corrected chi connectivity index (χ4v) is 3.46. The lowest BCUT2D eigenvalue weighted by Gasteiger charge is -2.21. The van der Waals surface area contributed by atoms with Crippen molar-refractivity contribution < 1.29 is 13.5 Å². The molecule has 1 saturated carbocycles. The van der Waals surface area contributed by atoms with Crippen molar-refractivity contribution in [3.05, 3.63) is 59.4 Å². The van der Waals surface area contributed by atoms with E-state index in [-0.39, 0.29) is 17.6 Å². The Balaban J connectivity index is 1.61. The van der Waals surface area contributed by atoms with Crippen molar-refractivity contribution in [2.75, 3.05) is 7.11 Å². The third kappa shape index (κ3) is 3.73. The molecule has 1 N–H and O–H groups in total. The summed E-state index contributed by atoms with van der Waals surface area (Å²) in [5, 5.41) is 3.60. The van der Waals surface area contributed by atoms with Gasteiger partial charge in [-0.3, -0.25) is 0 Å². The number of nitrogens with one attached hydrogen (secondary N) is 1. The van der Waals surface area contributed by atoms with E-state index in [1.165, 1.54) is 19.2 Å². The minimum atomic E-state index is -0.440. The Morgan fingerprint density at radius 3 is 2.75 bits per heavy atom. The van der Waals surface area contributed by atoms with Crippen molar-refractivity contribution in [1.82, 2.24) is 10.3 Å². The summed E-state index contributed by atoms with van der Waals surface area (Å²) in [4.78, 5) is 3.75. The van der Waals surface area contributed by atoms with E-state index in [1.54, 1.807) is 18.3 Å². The summed E-state index contributed by atoms with van der Waals surface area (Å²) in [6.07, 6.45) is 4.75. The lowest BCUT2D eigenvalue weighted by molar-refractivity contribution is 0.384. The molecule has 0 aliphatic heterocycles. The summed E-state index contributed by atoms with van der Waals surface area (Å²) in [5.41, 5.74) is 2.09. The largest absolute Gasteiger partial charge is 0.494 e. The summed E-state index contributed by atoms with van der Waals surface area (Å²) in [6, 6.07) is 8.69. The van der Waals surface area contributed by atoms with Crippen LogP contribution in [0.2, 0.25) is 0 Å². The van der Waals surface area contributed by atoms with Crippen LogP contribution in [0.5, 0.6) is 5.75 Å². The molecule has 0 bridgehead atoms. The molecule has 3 rings (SSSR count). The Labute approximate surface area is 141 Å². The van der Waals surface area contributed by atoms with E-state index in [0.29, 0.717) is 12.0 Å². The first-order chi connectivity index (χ1) is 11.6. The van der Waals surface area contributed by atoms with E-state index in [1.807, 2.05) is 6.07 Å². The molecule has 128 valence electrons. The Morgan fingerprint density at radius 2 is 2.04 bits per heavy atom. The Hall–Kier alpha value is -2.01. The molecular formula is C19H22F2N2O. The van der Waals surface area contributed by atoms with E-state index < -0.39 is 5.95 Å². The fraction of sp³-hybridized carbons (Fsp3) is 0.421. The molecular weight excluding hydrogens is 310 g/mol. The summed E-state index contributed by atoms with van der Waals surface area (Å²) >= 11 is 0. The number of hydrogen-bond donors (Lipinski definition) is 1. The maximum Gasteiger partial charge on any atom is 0.212 e. The minimum absolute atomic E-state index is 0.106. The Kier molecular flexibility index (Phi) is 5.09. The van der Waals surface area contributed by atoms with Crippen molar-refractivity contribution in [2.24, 2.45) is 0 Å². The first-order valence-electron chi connectivity index (χ1n) is 8.27. The highest BCUT2D eigenvalue weighted by atomic mass is 19.1. The van der Waals surface area contributed by atoms with Crippen LogP contribution in [0.15, 0.2) is 36.5 Å². The van der Waals surface area contributed by atoms with Gasteiger partial charge < -0.3 is 10.1 Å². The van der Waals surface area contributed by atoms with Gasteiger partial charge in [0, 0.05) is 18.3 Å². The average Bonchev–Trinajstić information content (AvgIpc) is 3.04. The predicted molar refractivity (Wildman–Crippen MR) is 89.1 cm³/mol. The number of halogens is 2. The molecule has 5 heteroatoms. The number of ether oxygens (including phenoxy) is 1. The highest BCUT2D eigenvalue weighted by Gasteiger charge is 2.27. The van der Waals surface area contributed by atoms with Gasteiger partial charge in [0.15, 0.2) is 11.6 Å². The number of rotatable bonds is 5. The molecule has 2 aromatic rings. The number of aromatic nitrogens is 1. The van der Waals surface area contributed by atoms with Crippen molar-refractivity contribution in [3.63, 3.8) is 0 Å². The fourth-order valence-electron chi connectivity index (χ4n) is 3.46. The quantitative estimate of drug-likeness (QED) is 0.826. The Bertz CT molecular complexity index is 690. The molecule has 1 heterocycles. The minimum Gasteiger partial charge on any atom is -0.494 e. The van der Waals surface area contributed by atoms with Gasteiger partial charge in [-0.2, -0.15) is 4.39 Å². The van der Waals surface area contributed by atoms with Crippen molar-refractivity contribution >= 4 is 0 Å². The maximum absolute atomic E-state index is 13.5. The standard InChI is InChI=1S/C19H22F2N2O/c1-12(13-4-7-17(20)18(10-13)24-2)23-16-6-3-14(9-16)15-5-8-19(21)22-11-15/h4-5,7-8,10-12,14,16,23H,3,6,9H2,1-2H3/t12-,14?,16?/m1/s1. The maximum atomic E-state index is 13.5. The lowest BCUT2D eigenvalue weighted by Crippen LogP contribution is -2.29. The molecule has 2 unspecified atom stereocenters. The predicted octanol–water partition coefficient (Wildman–Crippen LogP) is 4.36. The van der Waals surface area contributed by atoms with Gasteiger partial charge in [0.05, 0.1) is 7.11 Å². The molecule has 24 heavy (non-hydrogen) atoms. The van der Waals surface area contributed by atoms with Crippen LogP contribution in [0.25, 0.3) is 0 Å². The van der Waals surface area contributed by atoms with Gasteiger partial charge in [-0.05, 0) is 61.4 Å². The van der Waals surface area contributed by atoms with E-state index in [4.69, 9.17) is 4.74 Å². The lowest BCUT2D eigenvalue weighted by atomic mass is 9.99. The number of benzene rings is 1. The van der Waals surface area contributed by atoms with Crippen LogP contribution in [-0.2, 0) is 0 Å². The molecule has 0 saturated heterocycles. The van der Waals surface area contributed by atoms with Crippen LogP contribution in [-0.4, -0.2) is 18.1 Å². The highest BCUT2D eigenvalue weighted by molar-refractivity contribution is 5.32. The van der Waals surface area contributed by atoms with Gasteiger partial charge >= 0.3 is 0 Å². The zero-order chi connectivity index (χ0) is 17.1. The second-order valence-corrected chi connectivity index (χ2v) is 6.40. The molecule has 0 spiro atoms. The van der Waals surface area contributed by atoms with Gasteiger partial charge in [-0.1, -0.05) is 12.1 Å². The third-order valence-electron chi connectivity index (χ3n) is 4.82. The van der Waals surface area contributed by atoms with Crippen molar-refractivity contribution in [3.8, 4) is 5.75 Å². The summed E-state index contributed by atoms with van der Waals surface area (Å²) < 4.78 is 31.5. The zero-order valence-electron chi connectivity index (χ0n) is 13.9. The van der Waals surface area contributed by atoms with E-state index in [0.717, 1.165) is 30.4 Å². The van der Waals surface area contributed by atoms with Crippen LogP contribution in [0.3, 0.4) is 0 Å². The average molecular weight is 332 g/mol. The first kappa shape index (κ1) is 16.8. The first-order valence-corrected chi connectivity index (χ1v) is 8.27. The van der Waals surface area contributed by atoms with Gasteiger partial charge in [-0.25, -0.2) is 9.37 Å². The number of pyridine rings is 1. The van der Waals surface area contributed by atoms with Gasteiger partial charge in [0.25, 0.3) is 0 Å². The van der Waals surface area contributed by atoms with E-state index in [9.17, 15) is 8.78 Å². The van der Waals surface area contributed by atoms with Crippen molar-refractivity contribution in [2.45, 2.75) is 44.2 Å². The smallest absolute Gasteiger partial charge is 0.212 e. The van der Waals surface area contributed by atoms with E-state index >= 15 is 0 Å². The molecule has 3 atom stereocenters. The monoisotopic (exact) mass is 332 g/mol. The molecule has 1 aromatic heterocycles. The van der Waals surface area contributed by atoms with Crippen molar-refractivity contribution in [1.29, 1.82) is 0 Å². The number of nitrogens with zero attached hydrogens (tertiary/aromatic N) is 1. The molecule has 1 aliphatic rings. The third-order valence-corrected chi connectivity index (χ3v) is 4.82. The highest BCUT2D eigenvalue weighted by Crippen LogP contribution is 2.35. The van der Waals surface area contributed by atoms with Crippen LogP contribution >= 0.6 is 0 Å².